The van der Waals surface area contributed by atoms with Crippen molar-refractivity contribution in [1.82, 2.24) is 9.78 Å². The molecule has 0 unspecified atom stereocenters. The highest BCUT2D eigenvalue weighted by Crippen LogP contribution is 2.31. The lowest BCUT2D eigenvalue weighted by Gasteiger charge is -2.13. The fourth-order valence-corrected chi connectivity index (χ4v) is 1.53. The Balaban J connectivity index is 1.95. The molecule has 20 heavy (non-hydrogen) atoms. The molecular weight excluding hydrogens is 275 g/mol. The number of nitrogens with zero attached hydrogens (tertiary/aromatic N) is 2. The predicted molar refractivity (Wildman–Crippen MR) is 65.3 cm³/mol. The van der Waals surface area contributed by atoms with Gasteiger partial charge in [0.15, 0.2) is 11.5 Å². The first-order chi connectivity index (χ1) is 9.44. The quantitative estimate of drug-likeness (QED) is 0.917. The number of alkyl halides is 3. The molecule has 0 bridgehead atoms. The molecule has 0 radical (unpaired) electrons. The molecule has 1 aromatic carbocycles. The van der Waals surface area contributed by atoms with Crippen LogP contribution in [0.1, 0.15) is 0 Å². The van der Waals surface area contributed by atoms with Crippen LogP contribution in [-0.2, 0) is 6.54 Å². The number of rotatable bonds is 5. The topological polar surface area (TPSA) is 62.3 Å². The number of nitrogen functional groups attached to an aromatic ring is 1. The maximum absolute atomic E-state index is 12.2. The number of para-hydroxylation sites is 2. The number of aromatic nitrogens is 2. The molecule has 0 saturated carbocycles. The monoisotopic (exact) mass is 287 g/mol. The van der Waals surface area contributed by atoms with Crippen LogP contribution in [0.2, 0.25) is 0 Å². The minimum absolute atomic E-state index is 0.0185. The number of halogens is 3. The minimum Gasteiger partial charge on any atom is -0.488 e. The summed E-state index contributed by atoms with van der Waals surface area (Å²) in [5, 5.41) is 3.93. The number of hydrogen-bond acceptors (Lipinski definition) is 4. The lowest BCUT2D eigenvalue weighted by molar-refractivity contribution is -0.275. The second kappa shape index (κ2) is 5.72. The van der Waals surface area contributed by atoms with Crippen molar-refractivity contribution in [2.45, 2.75) is 12.9 Å². The Morgan fingerprint density at radius 1 is 1.20 bits per heavy atom. The zero-order valence-corrected chi connectivity index (χ0v) is 10.3. The van der Waals surface area contributed by atoms with Gasteiger partial charge in [-0.15, -0.1) is 13.2 Å². The molecule has 2 N–H and O–H groups in total. The van der Waals surface area contributed by atoms with Gasteiger partial charge in [0.05, 0.1) is 18.4 Å². The van der Waals surface area contributed by atoms with Gasteiger partial charge in [0.2, 0.25) is 0 Å². The molecule has 0 fully saturated rings. The van der Waals surface area contributed by atoms with Gasteiger partial charge in [-0.2, -0.15) is 5.10 Å². The molecule has 2 aromatic rings. The highest BCUT2D eigenvalue weighted by atomic mass is 19.4. The van der Waals surface area contributed by atoms with Crippen molar-refractivity contribution in [3.8, 4) is 11.5 Å². The van der Waals surface area contributed by atoms with Crippen molar-refractivity contribution >= 4 is 5.69 Å². The fraction of sp³-hybridized carbons (Fsp3) is 0.250. The highest BCUT2D eigenvalue weighted by Gasteiger charge is 2.32. The molecule has 0 aliphatic carbocycles. The number of anilines is 1. The first-order valence-corrected chi connectivity index (χ1v) is 5.69. The van der Waals surface area contributed by atoms with Crippen LogP contribution in [-0.4, -0.2) is 22.7 Å². The zero-order valence-electron chi connectivity index (χ0n) is 10.3. The van der Waals surface area contributed by atoms with Crippen LogP contribution < -0.4 is 15.2 Å². The summed E-state index contributed by atoms with van der Waals surface area (Å²) >= 11 is 0. The Kier molecular flexibility index (Phi) is 4.02. The smallest absolute Gasteiger partial charge is 0.488 e. The van der Waals surface area contributed by atoms with Gasteiger partial charge in [0.25, 0.3) is 0 Å². The van der Waals surface area contributed by atoms with Gasteiger partial charge in [-0.1, -0.05) is 12.1 Å². The van der Waals surface area contributed by atoms with Gasteiger partial charge in [-0.05, 0) is 12.1 Å². The summed E-state index contributed by atoms with van der Waals surface area (Å²) < 4.78 is 47.3. The van der Waals surface area contributed by atoms with E-state index in [9.17, 15) is 13.2 Å². The van der Waals surface area contributed by atoms with E-state index in [0.717, 1.165) is 0 Å². The molecule has 1 aromatic heterocycles. The molecule has 0 saturated heterocycles. The van der Waals surface area contributed by atoms with E-state index in [1.54, 1.807) is 12.3 Å². The maximum atomic E-state index is 12.2. The fourth-order valence-electron chi connectivity index (χ4n) is 1.53. The summed E-state index contributed by atoms with van der Waals surface area (Å²) in [6, 6.07) is 5.58. The summed E-state index contributed by atoms with van der Waals surface area (Å²) in [4.78, 5) is 0. The average Bonchev–Trinajstić information content (AvgIpc) is 2.75. The number of ether oxygens (including phenoxy) is 2. The molecule has 8 heteroatoms. The van der Waals surface area contributed by atoms with E-state index in [4.69, 9.17) is 10.5 Å². The third-order valence-electron chi connectivity index (χ3n) is 2.31. The first kappa shape index (κ1) is 14.0. The Morgan fingerprint density at radius 3 is 2.50 bits per heavy atom. The molecular formula is C12H12F3N3O2. The average molecular weight is 287 g/mol. The summed E-state index contributed by atoms with van der Waals surface area (Å²) in [5.41, 5.74) is 5.99. The Morgan fingerprint density at radius 2 is 1.90 bits per heavy atom. The Hall–Kier alpha value is -2.38. The van der Waals surface area contributed by atoms with Crippen LogP contribution >= 0.6 is 0 Å². The molecule has 1 heterocycles. The third-order valence-corrected chi connectivity index (χ3v) is 2.31. The lowest BCUT2D eigenvalue weighted by Crippen LogP contribution is -2.18. The van der Waals surface area contributed by atoms with Gasteiger partial charge in [0, 0.05) is 6.20 Å². The van der Waals surface area contributed by atoms with Crippen molar-refractivity contribution in [3.63, 3.8) is 0 Å². The number of nitrogens with two attached hydrogens (primary N) is 1. The molecule has 0 aliphatic rings. The van der Waals surface area contributed by atoms with Crippen LogP contribution in [0, 0.1) is 0 Å². The Bertz CT molecular complexity index is 569. The zero-order chi connectivity index (χ0) is 14.6. The summed E-state index contributed by atoms with van der Waals surface area (Å²) in [7, 11) is 0. The SMILES string of the molecule is Nc1cnn(CCOc2ccccc2OC(F)(F)F)c1. The van der Waals surface area contributed by atoms with Gasteiger partial charge >= 0.3 is 6.36 Å². The standard InChI is InChI=1S/C12H12F3N3O2/c13-12(14,15)20-11-4-2-1-3-10(11)19-6-5-18-8-9(16)7-17-18/h1-4,7-8H,5-6,16H2. The van der Waals surface area contributed by atoms with Crippen molar-refractivity contribution in [1.29, 1.82) is 0 Å². The largest absolute Gasteiger partial charge is 0.573 e. The van der Waals surface area contributed by atoms with Gasteiger partial charge in [-0.25, -0.2) is 0 Å². The number of hydrogen-bond donors (Lipinski definition) is 1. The summed E-state index contributed by atoms with van der Waals surface area (Å²) in [5.74, 6) is -0.357. The first-order valence-electron chi connectivity index (χ1n) is 5.69. The van der Waals surface area contributed by atoms with Crippen LogP contribution in [0.3, 0.4) is 0 Å². The predicted octanol–water partition coefficient (Wildman–Crippen LogP) is 2.44. The van der Waals surface area contributed by atoms with E-state index >= 15 is 0 Å². The van der Waals surface area contributed by atoms with E-state index in [2.05, 4.69) is 9.84 Å². The van der Waals surface area contributed by atoms with E-state index in [1.165, 1.54) is 29.1 Å². The van der Waals surface area contributed by atoms with E-state index < -0.39 is 6.36 Å². The number of benzene rings is 1. The van der Waals surface area contributed by atoms with Crippen LogP contribution in [0.25, 0.3) is 0 Å². The summed E-state index contributed by atoms with van der Waals surface area (Å²) in [6.07, 6.45) is -1.68. The highest BCUT2D eigenvalue weighted by molar-refractivity contribution is 5.39. The van der Waals surface area contributed by atoms with Crippen molar-refractivity contribution < 1.29 is 22.6 Å². The molecule has 0 amide bonds. The van der Waals surface area contributed by atoms with E-state index in [-0.39, 0.29) is 18.1 Å². The molecule has 5 nitrogen and oxygen atoms in total. The van der Waals surface area contributed by atoms with Crippen molar-refractivity contribution in [3.05, 3.63) is 36.7 Å². The minimum atomic E-state index is -4.75. The van der Waals surface area contributed by atoms with Gasteiger partial charge < -0.3 is 15.2 Å². The Labute approximate surface area is 112 Å². The molecule has 2 rings (SSSR count). The maximum Gasteiger partial charge on any atom is 0.573 e. The second-order valence-electron chi connectivity index (χ2n) is 3.88. The van der Waals surface area contributed by atoms with Crippen molar-refractivity contribution in [2.24, 2.45) is 0 Å². The van der Waals surface area contributed by atoms with Gasteiger partial charge in [0.1, 0.15) is 6.61 Å². The molecule has 108 valence electrons. The van der Waals surface area contributed by atoms with E-state index in [0.29, 0.717) is 12.2 Å². The van der Waals surface area contributed by atoms with E-state index in [1.807, 2.05) is 0 Å². The van der Waals surface area contributed by atoms with Crippen molar-refractivity contribution in [2.75, 3.05) is 12.3 Å². The third kappa shape index (κ3) is 4.08. The van der Waals surface area contributed by atoms with Crippen LogP contribution in [0.4, 0.5) is 18.9 Å². The molecule has 0 aliphatic heterocycles. The second-order valence-corrected chi connectivity index (χ2v) is 3.88. The molecule has 0 atom stereocenters. The summed E-state index contributed by atoms with van der Waals surface area (Å²) in [6.45, 7) is 0.497. The van der Waals surface area contributed by atoms with Gasteiger partial charge in [-0.3, -0.25) is 4.68 Å². The molecule has 0 spiro atoms. The van der Waals surface area contributed by atoms with Crippen LogP contribution in [0.5, 0.6) is 11.5 Å². The lowest BCUT2D eigenvalue weighted by atomic mass is 10.3. The van der Waals surface area contributed by atoms with Crippen LogP contribution in [0.15, 0.2) is 36.7 Å². The normalized spacial score (nSPS) is 11.3.